The van der Waals surface area contributed by atoms with Gasteiger partial charge in [0.05, 0.1) is 2.04 Å². The summed E-state index contributed by atoms with van der Waals surface area (Å²) in [5, 5.41) is 0. The van der Waals surface area contributed by atoms with Crippen molar-refractivity contribution < 1.29 is 0 Å². The van der Waals surface area contributed by atoms with Crippen LogP contribution in [0.25, 0.3) is 0 Å². The van der Waals surface area contributed by atoms with Gasteiger partial charge in [-0.3, -0.25) is 0 Å². The number of hydrogen-bond acceptors (Lipinski definition) is 0. The van der Waals surface area contributed by atoms with Crippen LogP contribution in [0.5, 0.6) is 0 Å². The van der Waals surface area contributed by atoms with Gasteiger partial charge in [-0.15, -0.1) is 0 Å². The summed E-state index contributed by atoms with van der Waals surface area (Å²) >= 11 is 8.96. The standard InChI is InChI=1S/CBBr3/c2-1(3,4)5. The van der Waals surface area contributed by atoms with Gasteiger partial charge in [0.15, 0.2) is 0 Å². The van der Waals surface area contributed by atoms with E-state index in [0.29, 0.717) is 0 Å². The molecule has 0 aliphatic carbocycles. The first-order valence-electron chi connectivity index (χ1n) is 0.856. The topological polar surface area (TPSA) is 0 Å². The van der Waals surface area contributed by atoms with Crippen LogP contribution in [0.4, 0.5) is 0 Å². The summed E-state index contributed by atoms with van der Waals surface area (Å²) in [5.41, 5.74) is 0. The molecule has 5 heavy (non-hydrogen) atoms. The molecule has 0 aromatic heterocycles. The average molecular weight is 263 g/mol. The van der Waals surface area contributed by atoms with Crippen molar-refractivity contribution in [2.45, 2.75) is 2.04 Å². The molecule has 0 fully saturated rings. The van der Waals surface area contributed by atoms with Crippen molar-refractivity contribution in [1.82, 2.24) is 0 Å². The van der Waals surface area contributed by atoms with Crippen LogP contribution >= 0.6 is 47.8 Å². The molecule has 0 aromatic rings. The molecule has 0 atom stereocenters. The quantitative estimate of drug-likeness (QED) is 0.462. The third-order valence-electron chi connectivity index (χ3n) is 0. The summed E-state index contributed by atoms with van der Waals surface area (Å²) in [7, 11) is 5.10. The molecule has 0 aliphatic rings. The van der Waals surface area contributed by atoms with Crippen LogP contribution in [0.15, 0.2) is 0 Å². The second kappa shape index (κ2) is 1.98. The summed E-state index contributed by atoms with van der Waals surface area (Å²) < 4.78 is -0.562. The van der Waals surface area contributed by atoms with E-state index < -0.39 is 2.04 Å². The van der Waals surface area contributed by atoms with Gasteiger partial charge in [-0.2, -0.15) is 0 Å². The zero-order valence-corrected chi connectivity index (χ0v) is 6.97. The highest BCUT2D eigenvalue weighted by Crippen LogP contribution is 2.27. The molecule has 0 unspecified atom stereocenters. The Morgan fingerprint density at radius 1 is 1.20 bits per heavy atom. The molecule has 0 saturated carbocycles. The van der Waals surface area contributed by atoms with E-state index in [-0.39, 0.29) is 0 Å². The fraction of sp³-hybridized carbons (Fsp3) is 1.00. The minimum atomic E-state index is -0.562. The lowest BCUT2D eigenvalue weighted by Gasteiger charge is -1.97. The second-order valence-corrected chi connectivity index (χ2v) is 7.49. The Morgan fingerprint density at radius 2 is 1.20 bits per heavy atom. The van der Waals surface area contributed by atoms with Gasteiger partial charge in [-0.1, -0.05) is 47.8 Å². The summed E-state index contributed by atoms with van der Waals surface area (Å²) in [5.74, 6) is 0. The van der Waals surface area contributed by atoms with Gasteiger partial charge >= 0.3 is 0 Å². The van der Waals surface area contributed by atoms with Crippen LogP contribution in [0.3, 0.4) is 0 Å². The lowest BCUT2D eigenvalue weighted by atomic mass is 10.2. The molecule has 4 heteroatoms. The highest BCUT2D eigenvalue weighted by molar-refractivity contribution is 9.40. The zero-order valence-electron chi connectivity index (χ0n) is 2.21. The third-order valence-corrected chi connectivity index (χ3v) is 0. The molecule has 0 amide bonds. The number of rotatable bonds is 0. The highest BCUT2D eigenvalue weighted by Gasteiger charge is 2.04. The highest BCUT2D eigenvalue weighted by atomic mass is 80.0. The monoisotopic (exact) mass is 260 g/mol. The van der Waals surface area contributed by atoms with E-state index in [4.69, 9.17) is 7.85 Å². The van der Waals surface area contributed by atoms with Crippen molar-refractivity contribution in [3.63, 3.8) is 0 Å². The lowest BCUT2D eigenvalue weighted by molar-refractivity contribution is 2.03. The SMILES string of the molecule is [B]C(Br)(Br)Br. The van der Waals surface area contributed by atoms with Crippen molar-refractivity contribution in [2.24, 2.45) is 0 Å². The minimum Gasteiger partial charge on any atom is -0.0715 e. The van der Waals surface area contributed by atoms with Crippen molar-refractivity contribution in [3.8, 4) is 0 Å². The number of alkyl halides is 3. The van der Waals surface area contributed by atoms with Crippen LogP contribution in [0.1, 0.15) is 0 Å². The summed E-state index contributed by atoms with van der Waals surface area (Å²) in [6, 6.07) is 0. The molecule has 0 nitrogen and oxygen atoms in total. The molecule has 0 bridgehead atoms. The van der Waals surface area contributed by atoms with Crippen LogP contribution < -0.4 is 0 Å². The molecule has 0 saturated heterocycles. The fourth-order valence-corrected chi connectivity index (χ4v) is 0. The normalized spacial score (nSPS) is 11.8. The summed E-state index contributed by atoms with van der Waals surface area (Å²) in [6.07, 6.45) is 0. The first-order valence-corrected chi connectivity index (χ1v) is 3.23. The molecule has 0 aliphatic heterocycles. The largest absolute Gasteiger partial charge is 0.122 e. The average Bonchev–Trinajstić information content (AvgIpc) is 0.722. The van der Waals surface area contributed by atoms with Gasteiger partial charge in [0.25, 0.3) is 0 Å². The maximum atomic E-state index is 5.10. The van der Waals surface area contributed by atoms with Crippen molar-refractivity contribution in [2.75, 3.05) is 0 Å². The Kier molecular flexibility index (Phi) is 2.58. The zero-order chi connectivity index (χ0) is 4.50. The van der Waals surface area contributed by atoms with E-state index in [1.807, 2.05) is 0 Å². The molecule has 2 radical (unpaired) electrons. The molecular formula is CBBr3. The Morgan fingerprint density at radius 3 is 1.20 bits per heavy atom. The van der Waals surface area contributed by atoms with Gasteiger partial charge in [-0.25, -0.2) is 0 Å². The maximum Gasteiger partial charge on any atom is 0.122 e. The predicted molar refractivity (Wildman–Crippen MR) is 35.3 cm³/mol. The van der Waals surface area contributed by atoms with Crippen LogP contribution in [-0.4, -0.2) is 9.89 Å². The first-order chi connectivity index (χ1) is 2.00. The summed E-state index contributed by atoms with van der Waals surface area (Å²) in [4.78, 5) is 0. The first kappa shape index (κ1) is 6.50. The van der Waals surface area contributed by atoms with Gasteiger partial charge in [-0.05, 0) is 0 Å². The van der Waals surface area contributed by atoms with Crippen LogP contribution in [0, 0.1) is 0 Å². The van der Waals surface area contributed by atoms with Crippen molar-refractivity contribution >= 4 is 55.6 Å². The van der Waals surface area contributed by atoms with E-state index in [0.717, 1.165) is 0 Å². The Balaban J connectivity index is 3.02. The maximum absolute atomic E-state index is 5.10. The fourth-order valence-electron chi connectivity index (χ4n) is 0. The third kappa shape index (κ3) is 29.9. The Hall–Kier alpha value is 1.50. The van der Waals surface area contributed by atoms with E-state index in [9.17, 15) is 0 Å². The lowest BCUT2D eigenvalue weighted by Crippen LogP contribution is -1.93. The molecule has 0 heterocycles. The smallest absolute Gasteiger partial charge is 0.0715 e. The van der Waals surface area contributed by atoms with Crippen molar-refractivity contribution in [3.05, 3.63) is 0 Å². The van der Waals surface area contributed by atoms with E-state index in [2.05, 4.69) is 47.8 Å². The second-order valence-electron chi connectivity index (χ2n) is 0.542. The molecule has 0 aromatic carbocycles. The minimum absolute atomic E-state index is 0.562. The summed E-state index contributed by atoms with van der Waals surface area (Å²) in [6.45, 7) is 0. The van der Waals surface area contributed by atoms with Crippen LogP contribution in [-0.2, 0) is 0 Å². The van der Waals surface area contributed by atoms with E-state index >= 15 is 0 Å². The number of halogens is 3. The molecule has 28 valence electrons. The van der Waals surface area contributed by atoms with Gasteiger partial charge in [0.1, 0.15) is 7.85 Å². The van der Waals surface area contributed by atoms with E-state index in [1.165, 1.54) is 0 Å². The number of hydrogen-bond donors (Lipinski definition) is 0. The van der Waals surface area contributed by atoms with Crippen LogP contribution in [0.2, 0.25) is 0 Å². The molecule has 0 N–H and O–H groups in total. The Bertz CT molecular complexity index is 22.4. The van der Waals surface area contributed by atoms with Gasteiger partial charge in [0.2, 0.25) is 0 Å². The predicted octanol–water partition coefficient (Wildman–Crippen LogP) is 1.95. The Labute approximate surface area is 57.5 Å². The molecule has 0 spiro atoms. The van der Waals surface area contributed by atoms with E-state index in [1.54, 1.807) is 0 Å². The van der Waals surface area contributed by atoms with Gasteiger partial charge < -0.3 is 0 Å². The van der Waals surface area contributed by atoms with Gasteiger partial charge in [0, 0.05) is 0 Å². The molecular weight excluding hydrogens is 263 g/mol. The van der Waals surface area contributed by atoms with Crippen molar-refractivity contribution in [1.29, 1.82) is 0 Å². The molecule has 0 rings (SSSR count).